The molecular weight excluding hydrogens is 218 g/mol. The summed E-state index contributed by atoms with van der Waals surface area (Å²) in [5.41, 5.74) is 0. The number of carbonyl (C=O) groups is 1. The van der Waals surface area contributed by atoms with Crippen molar-refractivity contribution in [1.29, 1.82) is 0 Å². The third-order valence-corrected chi connectivity index (χ3v) is 3.16. The molecule has 0 aromatic heterocycles. The monoisotopic (exact) mass is 243 g/mol. The molecule has 17 heavy (non-hydrogen) atoms. The van der Waals surface area contributed by atoms with Gasteiger partial charge in [-0.05, 0) is 19.5 Å². The number of nitrogens with one attached hydrogen (secondary N) is 1. The van der Waals surface area contributed by atoms with Crippen molar-refractivity contribution in [3.05, 3.63) is 0 Å². The third kappa shape index (κ3) is 4.61. The summed E-state index contributed by atoms with van der Waals surface area (Å²) in [6.07, 6.45) is 1.14. The molecule has 2 fully saturated rings. The highest BCUT2D eigenvalue weighted by Gasteiger charge is 2.19. The number of nitrogens with zero attached hydrogens (tertiary/aromatic N) is 2. The van der Waals surface area contributed by atoms with E-state index in [1.54, 1.807) is 0 Å². The van der Waals surface area contributed by atoms with Crippen molar-refractivity contribution in [3.63, 3.8) is 0 Å². The molecule has 5 nitrogen and oxygen atoms in total. The molecule has 0 radical (unpaired) electrons. The maximum Gasteiger partial charge on any atom is 0.236 e. The molecule has 1 N–H and O–H groups in total. The van der Waals surface area contributed by atoms with Crippen LogP contribution in [0.5, 0.6) is 0 Å². The minimum atomic E-state index is 0. The largest absolute Gasteiger partial charge is 0.378 e. The van der Waals surface area contributed by atoms with E-state index in [0.29, 0.717) is 19.8 Å². The minimum Gasteiger partial charge on any atom is -0.378 e. The molecule has 2 aliphatic heterocycles. The molecule has 0 aliphatic carbocycles. The molecule has 0 saturated carbocycles. The van der Waals surface area contributed by atoms with Crippen molar-refractivity contribution in [3.8, 4) is 0 Å². The summed E-state index contributed by atoms with van der Waals surface area (Å²) >= 11 is 0. The first-order valence-corrected chi connectivity index (χ1v) is 6.15. The molecule has 100 valence electrons. The summed E-state index contributed by atoms with van der Waals surface area (Å²) in [5.74, 6) is 0.255. The van der Waals surface area contributed by atoms with E-state index in [4.69, 9.17) is 4.74 Å². The molecule has 2 saturated heterocycles. The molecule has 0 bridgehead atoms. The topological polar surface area (TPSA) is 44.8 Å². The third-order valence-electron chi connectivity index (χ3n) is 3.16. The molecular formula is C12H25N3O2. The van der Waals surface area contributed by atoms with Gasteiger partial charge in [0.25, 0.3) is 0 Å². The van der Waals surface area contributed by atoms with Crippen molar-refractivity contribution in [2.45, 2.75) is 13.8 Å². The van der Waals surface area contributed by atoms with Gasteiger partial charge in [0.1, 0.15) is 0 Å². The summed E-state index contributed by atoms with van der Waals surface area (Å²) in [6, 6.07) is 0. The molecule has 2 heterocycles. The van der Waals surface area contributed by atoms with Gasteiger partial charge < -0.3 is 15.0 Å². The van der Waals surface area contributed by atoms with Crippen molar-refractivity contribution in [1.82, 2.24) is 15.1 Å². The Kier molecular flexibility index (Phi) is 6.47. The number of morpholine rings is 1. The van der Waals surface area contributed by atoms with Crippen LogP contribution in [0.1, 0.15) is 13.8 Å². The lowest BCUT2D eigenvalue weighted by Gasteiger charge is -2.29. The van der Waals surface area contributed by atoms with Crippen LogP contribution < -0.4 is 5.32 Å². The normalized spacial score (nSPS) is 22.7. The van der Waals surface area contributed by atoms with Gasteiger partial charge in [-0.25, -0.2) is 0 Å². The van der Waals surface area contributed by atoms with Gasteiger partial charge in [0, 0.05) is 26.2 Å². The van der Waals surface area contributed by atoms with Crippen LogP contribution in [0.2, 0.25) is 0 Å². The summed E-state index contributed by atoms with van der Waals surface area (Å²) in [7, 11) is 0. The molecule has 5 heteroatoms. The first-order chi connectivity index (χ1) is 7.86. The number of hydrogen-bond donors (Lipinski definition) is 1. The zero-order chi connectivity index (χ0) is 11.2. The van der Waals surface area contributed by atoms with Crippen LogP contribution in [0.25, 0.3) is 0 Å². The highest BCUT2D eigenvalue weighted by Crippen LogP contribution is 2.01. The highest BCUT2D eigenvalue weighted by atomic mass is 16.5. The minimum absolute atomic E-state index is 0. The number of hydrogen-bond acceptors (Lipinski definition) is 4. The maximum absolute atomic E-state index is 12.0. The quantitative estimate of drug-likeness (QED) is 0.728. The first-order valence-electron chi connectivity index (χ1n) is 6.15. The van der Waals surface area contributed by atoms with Crippen molar-refractivity contribution in [2.24, 2.45) is 0 Å². The summed E-state index contributed by atoms with van der Waals surface area (Å²) in [6.45, 7) is 7.54. The van der Waals surface area contributed by atoms with Crippen LogP contribution in [0.3, 0.4) is 0 Å². The smallest absolute Gasteiger partial charge is 0.236 e. The Labute approximate surface area is 104 Å². The summed E-state index contributed by atoms with van der Waals surface area (Å²) < 4.78 is 5.24. The van der Waals surface area contributed by atoms with E-state index < -0.39 is 0 Å². The molecule has 0 spiro atoms. The Balaban J connectivity index is 0.00000144. The van der Waals surface area contributed by atoms with E-state index in [1.165, 1.54) is 0 Å². The van der Waals surface area contributed by atoms with Crippen LogP contribution >= 0.6 is 0 Å². The Morgan fingerprint density at radius 1 is 1.12 bits per heavy atom. The average molecular weight is 243 g/mol. The van der Waals surface area contributed by atoms with E-state index in [0.717, 1.165) is 45.7 Å². The summed E-state index contributed by atoms with van der Waals surface area (Å²) in [5, 5.41) is 3.34. The number of rotatable bonds is 2. The predicted molar refractivity (Wildman–Crippen MR) is 68.1 cm³/mol. The lowest BCUT2D eigenvalue weighted by atomic mass is 10.3. The zero-order valence-corrected chi connectivity index (χ0v) is 9.78. The van der Waals surface area contributed by atoms with E-state index in [1.807, 2.05) is 4.90 Å². The van der Waals surface area contributed by atoms with Crippen LogP contribution in [-0.4, -0.2) is 74.7 Å². The van der Waals surface area contributed by atoms with Crippen LogP contribution in [-0.2, 0) is 9.53 Å². The van der Waals surface area contributed by atoms with Crippen molar-refractivity contribution >= 4 is 5.91 Å². The molecule has 0 aromatic rings. The molecule has 0 unspecified atom stereocenters. The van der Waals surface area contributed by atoms with Crippen molar-refractivity contribution < 1.29 is 9.53 Å². The van der Waals surface area contributed by atoms with Gasteiger partial charge in [0.2, 0.25) is 5.91 Å². The van der Waals surface area contributed by atoms with Crippen LogP contribution in [0.4, 0.5) is 0 Å². The number of amides is 1. The Hall–Kier alpha value is -0.650. The highest BCUT2D eigenvalue weighted by molar-refractivity contribution is 5.78. The predicted octanol–water partition coefficient (Wildman–Crippen LogP) is -0.223. The SMILES string of the molecule is C.O=C(CN1CCCNCC1)N1CCOCC1. The van der Waals surface area contributed by atoms with Gasteiger partial charge in [-0.3, -0.25) is 9.69 Å². The molecule has 0 atom stereocenters. The van der Waals surface area contributed by atoms with Gasteiger partial charge in [-0.15, -0.1) is 0 Å². The number of carbonyl (C=O) groups excluding carboxylic acids is 1. The molecule has 2 aliphatic rings. The Morgan fingerprint density at radius 2 is 1.88 bits per heavy atom. The van der Waals surface area contributed by atoms with Gasteiger partial charge in [0.05, 0.1) is 19.8 Å². The fraction of sp³-hybridized carbons (Fsp3) is 0.917. The molecule has 2 rings (SSSR count). The maximum atomic E-state index is 12.0. The Morgan fingerprint density at radius 3 is 2.65 bits per heavy atom. The van der Waals surface area contributed by atoms with E-state index in [9.17, 15) is 4.79 Å². The molecule has 0 aromatic carbocycles. The van der Waals surface area contributed by atoms with Crippen molar-refractivity contribution in [2.75, 3.05) is 59.0 Å². The Bertz CT molecular complexity index is 222. The second kappa shape index (κ2) is 7.63. The van der Waals surface area contributed by atoms with Crippen LogP contribution in [0.15, 0.2) is 0 Å². The lowest BCUT2D eigenvalue weighted by Crippen LogP contribution is -2.46. The molecule has 1 amide bonds. The van der Waals surface area contributed by atoms with E-state index in [2.05, 4.69) is 10.2 Å². The fourth-order valence-electron chi connectivity index (χ4n) is 2.16. The van der Waals surface area contributed by atoms with Gasteiger partial charge in [0.15, 0.2) is 0 Å². The lowest BCUT2D eigenvalue weighted by molar-refractivity contribution is -0.136. The van der Waals surface area contributed by atoms with Crippen LogP contribution in [0, 0.1) is 0 Å². The zero-order valence-electron chi connectivity index (χ0n) is 9.78. The van der Waals surface area contributed by atoms with E-state index >= 15 is 0 Å². The first kappa shape index (κ1) is 14.4. The average Bonchev–Trinajstić information content (AvgIpc) is 2.59. The van der Waals surface area contributed by atoms with Gasteiger partial charge in [-0.2, -0.15) is 0 Å². The second-order valence-corrected chi connectivity index (χ2v) is 4.37. The van der Waals surface area contributed by atoms with Gasteiger partial charge in [-0.1, -0.05) is 7.43 Å². The summed E-state index contributed by atoms with van der Waals surface area (Å²) in [4.78, 5) is 16.2. The standard InChI is InChI=1S/C11H21N3O2.CH4/c15-11(14-6-8-16-9-7-14)10-13-4-1-2-12-3-5-13;/h12H,1-10H2;1H4. The van der Waals surface area contributed by atoms with E-state index in [-0.39, 0.29) is 13.3 Å². The number of ether oxygens (including phenoxy) is 1. The fourth-order valence-corrected chi connectivity index (χ4v) is 2.16. The second-order valence-electron chi connectivity index (χ2n) is 4.37. The van der Waals surface area contributed by atoms with Gasteiger partial charge >= 0.3 is 0 Å².